The number of carbonyl (C=O) groups excluding carboxylic acids is 1. The molecule has 0 atom stereocenters. The molecule has 0 radical (unpaired) electrons. The van der Waals surface area contributed by atoms with Gasteiger partial charge in [-0.2, -0.15) is 0 Å². The van der Waals surface area contributed by atoms with Gasteiger partial charge in [0.15, 0.2) is 0 Å². The molecule has 2 rings (SSSR count). The van der Waals surface area contributed by atoms with Gasteiger partial charge in [0.25, 0.3) is 0 Å². The Bertz CT molecular complexity index is 775. The van der Waals surface area contributed by atoms with E-state index in [1.807, 2.05) is 0 Å². The van der Waals surface area contributed by atoms with Crippen LogP contribution in [-0.4, -0.2) is 22.7 Å². The number of nitro groups is 1. The van der Waals surface area contributed by atoms with Crippen LogP contribution in [0.4, 0.5) is 11.4 Å². The molecule has 128 valence electrons. The summed E-state index contributed by atoms with van der Waals surface area (Å²) in [6, 6.07) is 12.1. The number of nitro benzene ring substituents is 1. The molecule has 0 spiro atoms. The van der Waals surface area contributed by atoms with Crippen LogP contribution in [0.15, 0.2) is 48.5 Å². The molecule has 0 fully saturated rings. The van der Waals surface area contributed by atoms with E-state index in [4.69, 9.17) is 24.1 Å². The number of hydrogen-bond donors (Lipinski definition) is 0. The third kappa shape index (κ3) is 4.60. The van der Waals surface area contributed by atoms with Crippen molar-refractivity contribution >= 4 is 41.4 Å². The summed E-state index contributed by atoms with van der Waals surface area (Å²) < 4.78 is 6.58. The van der Waals surface area contributed by atoms with E-state index in [1.165, 1.54) is 33.9 Å². The Morgan fingerprint density at radius 2 is 1.75 bits per heavy atom. The van der Waals surface area contributed by atoms with Crippen LogP contribution in [0.5, 0.6) is 5.75 Å². The van der Waals surface area contributed by atoms with Gasteiger partial charge in [-0.05, 0) is 0 Å². The summed E-state index contributed by atoms with van der Waals surface area (Å²) >= 11 is -2.28. The van der Waals surface area contributed by atoms with Crippen LogP contribution in [0.2, 0.25) is 0 Å². The van der Waals surface area contributed by atoms with Crippen LogP contribution in [0.25, 0.3) is 0 Å². The van der Waals surface area contributed by atoms with Crippen molar-refractivity contribution in [2.24, 2.45) is 0 Å². The van der Waals surface area contributed by atoms with Crippen LogP contribution >= 0.6 is 19.4 Å². The van der Waals surface area contributed by atoms with Crippen molar-refractivity contribution in [1.82, 2.24) is 0 Å². The van der Waals surface area contributed by atoms with Crippen LogP contribution in [0.3, 0.4) is 0 Å². The molecule has 0 saturated heterocycles. The average Bonchev–Trinajstić information content (AvgIpc) is 2.59. The molecule has 0 aliphatic carbocycles. The second-order valence-corrected chi connectivity index (χ2v) is 10.1. The molecular formula is C15H12Cl2N2O4Ru. The number of non-ortho nitro benzene ring substituents is 1. The molecule has 0 aliphatic heterocycles. The summed E-state index contributed by atoms with van der Waals surface area (Å²) in [6.45, 7) is 0. The molecule has 0 heterocycles. The molecule has 0 unspecified atom stereocenters. The average molecular weight is 456 g/mol. The van der Waals surface area contributed by atoms with Gasteiger partial charge in [-0.3, -0.25) is 0 Å². The van der Waals surface area contributed by atoms with Gasteiger partial charge in [0.2, 0.25) is 0 Å². The molecule has 0 bridgehead atoms. The number of carbonyl (C=O) groups is 1. The first-order valence-electron chi connectivity index (χ1n) is 6.47. The number of benzene rings is 2. The summed E-state index contributed by atoms with van der Waals surface area (Å²) in [6.07, 6.45) is 0. The molecule has 2 aromatic rings. The van der Waals surface area contributed by atoms with E-state index in [-0.39, 0.29) is 17.2 Å². The molecule has 0 aromatic heterocycles. The van der Waals surface area contributed by atoms with E-state index in [1.54, 1.807) is 31.4 Å². The zero-order chi connectivity index (χ0) is 17.7. The monoisotopic (exact) mass is 456 g/mol. The van der Waals surface area contributed by atoms with E-state index in [2.05, 4.69) is 0 Å². The van der Waals surface area contributed by atoms with Crippen molar-refractivity contribution in [2.45, 2.75) is 0 Å². The second kappa shape index (κ2) is 8.33. The molecule has 0 aliphatic rings. The number of anilines is 1. The number of hydrogen-bond acceptors (Lipinski definition) is 4. The molecule has 9 heteroatoms. The Hall–Kier alpha value is -1.82. The van der Waals surface area contributed by atoms with Crippen molar-refractivity contribution < 1.29 is 28.0 Å². The van der Waals surface area contributed by atoms with E-state index >= 15 is 0 Å². The van der Waals surface area contributed by atoms with Crippen LogP contribution < -0.4 is 9.64 Å². The van der Waals surface area contributed by atoms with Gasteiger partial charge in [0, 0.05) is 0 Å². The zero-order valence-corrected chi connectivity index (χ0v) is 15.6. The fraction of sp³-hybridized carbons (Fsp3) is 0.0667. The van der Waals surface area contributed by atoms with Gasteiger partial charge in [0.1, 0.15) is 0 Å². The number of rotatable bonds is 5. The number of methoxy groups -OCH3 is 1. The number of amides is 1. The quantitative estimate of drug-likeness (QED) is 0.388. The maximum absolute atomic E-state index is 12.7. The van der Waals surface area contributed by atoms with Crippen LogP contribution in [0.1, 0.15) is 10.4 Å². The van der Waals surface area contributed by atoms with E-state index < -0.39 is 18.4 Å². The summed E-state index contributed by atoms with van der Waals surface area (Å²) in [5.41, 5.74) is 0.768. The van der Waals surface area contributed by atoms with Crippen LogP contribution in [0, 0.1) is 10.1 Å². The van der Waals surface area contributed by atoms with Gasteiger partial charge in [-0.15, -0.1) is 0 Å². The Balaban J connectivity index is 2.37. The number of nitrogens with zero attached hydrogens (tertiary/aromatic N) is 2. The van der Waals surface area contributed by atoms with Crippen molar-refractivity contribution in [3.05, 3.63) is 64.2 Å². The molecule has 24 heavy (non-hydrogen) atoms. The Kier molecular flexibility index (Phi) is 6.43. The number of ether oxygens (including phenoxy) is 1. The first kappa shape index (κ1) is 18.5. The first-order valence-corrected chi connectivity index (χ1v) is 12.0. The normalized spacial score (nSPS) is 10.7. The fourth-order valence-corrected chi connectivity index (χ4v) is 3.51. The molecule has 0 N–H and O–H groups in total. The molecule has 0 saturated carbocycles. The van der Waals surface area contributed by atoms with E-state index in [0.717, 1.165) is 0 Å². The van der Waals surface area contributed by atoms with Gasteiger partial charge >= 0.3 is 151 Å². The number of halogens is 2. The van der Waals surface area contributed by atoms with Gasteiger partial charge in [-0.25, -0.2) is 0 Å². The minimum atomic E-state index is -2.28. The third-order valence-electron chi connectivity index (χ3n) is 3.05. The summed E-state index contributed by atoms with van der Waals surface area (Å²) in [4.78, 5) is 24.2. The minimum absolute atomic E-state index is 0.0891. The summed E-state index contributed by atoms with van der Waals surface area (Å²) in [7, 11) is 13.4. The molecule has 2 aromatic carbocycles. The topological polar surface area (TPSA) is 72.7 Å². The first-order chi connectivity index (χ1) is 11.4. The molecule has 6 nitrogen and oxygen atoms in total. The van der Waals surface area contributed by atoms with E-state index in [0.29, 0.717) is 11.4 Å². The second-order valence-electron chi connectivity index (χ2n) is 4.47. The SMILES string of the molecule is COc1ccc(N([CH]=[Ru]([Cl])[Cl])C(=O)c2ccc([N+](=O)[O-])cc2)cc1. The predicted molar refractivity (Wildman–Crippen MR) is 90.7 cm³/mol. The Labute approximate surface area is 151 Å². The van der Waals surface area contributed by atoms with Crippen molar-refractivity contribution in [3.63, 3.8) is 0 Å². The van der Waals surface area contributed by atoms with Gasteiger partial charge < -0.3 is 0 Å². The molecule has 1 amide bonds. The predicted octanol–water partition coefficient (Wildman–Crippen LogP) is 3.94. The Morgan fingerprint density at radius 3 is 2.21 bits per heavy atom. The van der Waals surface area contributed by atoms with Crippen molar-refractivity contribution in [2.75, 3.05) is 12.0 Å². The summed E-state index contributed by atoms with van der Waals surface area (Å²) in [5, 5.41) is 10.7. The standard InChI is InChI=1S/C15H12N2O4.2ClH.Ru/c1-16(12-7-9-14(21-2)10-8-12)15(18)11-3-5-13(6-4-11)17(19)20;;;/h1,3-10H,2H3;2*1H;/q;;;+2/p-2. The summed E-state index contributed by atoms with van der Waals surface area (Å²) in [5.74, 6) is 0.266. The van der Waals surface area contributed by atoms with Gasteiger partial charge in [0.05, 0.1) is 0 Å². The zero-order valence-electron chi connectivity index (χ0n) is 12.3. The van der Waals surface area contributed by atoms with Gasteiger partial charge in [-0.1, -0.05) is 0 Å². The van der Waals surface area contributed by atoms with Crippen molar-refractivity contribution in [1.29, 1.82) is 0 Å². The maximum atomic E-state index is 12.7. The Morgan fingerprint density at radius 1 is 1.17 bits per heavy atom. The molecular weight excluding hydrogens is 444 g/mol. The fourth-order valence-electron chi connectivity index (χ4n) is 1.89. The van der Waals surface area contributed by atoms with Crippen LogP contribution in [-0.2, 0) is 13.5 Å². The third-order valence-corrected chi connectivity index (χ3v) is 4.66. The van der Waals surface area contributed by atoms with Crippen molar-refractivity contribution in [3.8, 4) is 5.75 Å². The van der Waals surface area contributed by atoms with E-state index in [9.17, 15) is 14.9 Å².